The van der Waals surface area contributed by atoms with Gasteiger partial charge in [0.05, 0.1) is 21.8 Å². The number of hydrogen-bond donors (Lipinski definition) is 2. The van der Waals surface area contributed by atoms with Crippen molar-refractivity contribution in [2.75, 3.05) is 0 Å². The molecule has 4 aromatic rings. The number of aromatic amines is 1. The maximum Gasteiger partial charge on any atom is 0.258 e. The molecule has 26 heavy (non-hydrogen) atoms. The zero-order chi connectivity index (χ0) is 18.1. The van der Waals surface area contributed by atoms with Crippen LogP contribution in [0, 0.1) is 0 Å². The first kappa shape index (κ1) is 16.3. The highest BCUT2D eigenvalue weighted by atomic mass is 32.2. The van der Waals surface area contributed by atoms with E-state index in [4.69, 9.17) is 0 Å². The van der Waals surface area contributed by atoms with Gasteiger partial charge in [-0.15, -0.1) is 5.10 Å². The van der Waals surface area contributed by atoms with E-state index in [0.717, 1.165) is 5.69 Å². The van der Waals surface area contributed by atoms with E-state index in [1.807, 2.05) is 25.1 Å². The van der Waals surface area contributed by atoms with E-state index in [9.17, 15) is 9.90 Å². The molecule has 0 radical (unpaired) electrons. The molecule has 0 bridgehead atoms. The Bertz CT molecular complexity index is 1120. The van der Waals surface area contributed by atoms with Crippen molar-refractivity contribution in [3.8, 4) is 11.4 Å². The molecule has 0 fully saturated rings. The van der Waals surface area contributed by atoms with Crippen LogP contribution in [0.3, 0.4) is 0 Å². The number of fused-ring (bicyclic) bond motifs is 1. The SMILES string of the molecule is C[C@H](Sc1nnnn1-c1ccc(O)cc1)c1nc2ccccc2c(=O)[nH]1. The van der Waals surface area contributed by atoms with Crippen LogP contribution in [0.15, 0.2) is 58.5 Å². The molecular formula is C17H14N6O2S. The van der Waals surface area contributed by atoms with Crippen LogP contribution in [-0.4, -0.2) is 35.3 Å². The Morgan fingerprint density at radius 1 is 1.15 bits per heavy atom. The molecule has 0 aliphatic heterocycles. The van der Waals surface area contributed by atoms with Crippen molar-refractivity contribution in [1.82, 2.24) is 30.2 Å². The van der Waals surface area contributed by atoms with Gasteiger partial charge in [-0.05, 0) is 53.7 Å². The number of phenolic OH excluding ortho intramolecular Hbond substituents is 1. The summed E-state index contributed by atoms with van der Waals surface area (Å²) >= 11 is 1.38. The monoisotopic (exact) mass is 366 g/mol. The largest absolute Gasteiger partial charge is 0.508 e. The highest BCUT2D eigenvalue weighted by molar-refractivity contribution is 7.99. The zero-order valence-corrected chi connectivity index (χ0v) is 14.5. The number of tetrazole rings is 1. The van der Waals surface area contributed by atoms with E-state index in [-0.39, 0.29) is 16.6 Å². The predicted octanol–water partition coefficient (Wildman–Crippen LogP) is 2.46. The van der Waals surface area contributed by atoms with Gasteiger partial charge in [-0.2, -0.15) is 4.68 Å². The molecule has 2 N–H and O–H groups in total. The number of nitrogens with one attached hydrogen (secondary N) is 1. The fraction of sp³-hybridized carbons (Fsp3) is 0.118. The summed E-state index contributed by atoms with van der Waals surface area (Å²) in [5.74, 6) is 0.723. The molecule has 4 rings (SSSR count). The number of thioether (sulfide) groups is 1. The number of H-pyrrole nitrogens is 1. The summed E-state index contributed by atoms with van der Waals surface area (Å²) < 4.78 is 1.57. The third-order valence-electron chi connectivity index (χ3n) is 3.83. The van der Waals surface area contributed by atoms with Gasteiger partial charge >= 0.3 is 0 Å². The Morgan fingerprint density at radius 2 is 1.92 bits per heavy atom. The summed E-state index contributed by atoms with van der Waals surface area (Å²) in [6, 6.07) is 13.8. The average molecular weight is 366 g/mol. The number of phenols is 1. The van der Waals surface area contributed by atoms with Gasteiger partial charge in [-0.25, -0.2) is 4.98 Å². The van der Waals surface area contributed by atoms with Gasteiger partial charge < -0.3 is 10.1 Å². The minimum atomic E-state index is -0.172. The normalized spacial score (nSPS) is 12.3. The lowest BCUT2D eigenvalue weighted by Crippen LogP contribution is -2.13. The van der Waals surface area contributed by atoms with Crippen molar-refractivity contribution in [2.45, 2.75) is 17.3 Å². The molecule has 0 saturated heterocycles. The van der Waals surface area contributed by atoms with Crippen molar-refractivity contribution >= 4 is 22.7 Å². The molecule has 130 valence electrons. The van der Waals surface area contributed by atoms with E-state index in [2.05, 4.69) is 25.5 Å². The summed E-state index contributed by atoms with van der Waals surface area (Å²) in [7, 11) is 0. The molecule has 2 aromatic heterocycles. The van der Waals surface area contributed by atoms with Crippen molar-refractivity contribution in [1.29, 1.82) is 0 Å². The molecular weight excluding hydrogens is 352 g/mol. The van der Waals surface area contributed by atoms with Crippen LogP contribution in [0.2, 0.25) is 0 Å². The van der Waals surface area contributed by atoms with E-state index in [1.54, 1.807) is 35.0 Å². The number of aromatic nitrogens is 6. The van der Waals surface area contributed by atoms with Gasteiger partial charge in [-0.1, -0.05) is 23.9 Å². The number of aromatic hydroxyl groups is 1. The first-order valence-corrected chi connectivity index (χ1v) is 8.73. The number of rotatable bonds is 4. The lowest BCUT2D eigenvalue weighted by atomic mass is 10.2. The number of benzene rings is 2. The Balaban J connectivity index is 1.65. The van der Waals surface area contributed by atoms with Crippen molar-refractivity contribution in [2.24, 2.45) is 0 Å². The first-order chi connectivity index (χ1) is 12.6. The standard InChI is InChI=1S/C17H14N6O2S/c1-10(15-18-14-5-3-2-4-13(14)16(25)19-15)26-17-20-21-22-23(17)11-6-8-12(24)9-7-11/h2-10,24H,1H3,(H,18,19,25)/t10-/m0/s1. The van der Waals surface area contributed by atoms with Crippen molar-refractivity contribution in [3.05, 3.63) is 64.7 Å². The average Bonchev–Trinajstić information content (AvgIpc) is 3.10. The Labute approximate surface area is 151 Å². The molecule has 0 spiro atoms. The lowest BCUT2D eigenvalue weighted by molar-refractivity contribution is 0.475. The molecule has 9 heteroatoms. The number of nitrogens with zero attached hydrogens (tertiary/aromatic N) is 5. The maximum atomic E-state index is 12.3. The van der Waals surface area contributed by atoms with Gasteiger partial charge in [0.2, 0.25) is 5.16 Å². The minimum absolute atomic E-state index is 0.169. The molecule has 1 atom stereocenters. The third-order valence-corrected chi connectivity index (χ3v) is 4.88. The zero-order valence-electron chi connectivity index (χ0n) is 13.7. The van der Waals surface area contributed by atoms with Crippen LogP contribution < -0.4 is 5.56 Å². The van der Waals surface area contributed by atoms with Crippen molar-refractivity contribution < 1.29 is 5.11 Å². The summed E-state index contributed by atoms with van der Waals surface area (Å²) in [5, 5.41) is 22.1. The van der Waals surface area contributed by atoms with E-state index >= 15 is 0 Å². The lowest BCUT2D eigenvalue weighted by Gasteiger charge is -2.11. The first-order valence-electron chi connectivity index (χ1n) is 7.85. The fourth-order valence-electron chi connectivity index (χ4n) is 2.52. The smallest absolute Gasteiger partial charge is 0.258 e. The molecule has 0 amide bonds. The molecule has 0 aliphatic rings. The highest BCUT2D eigenvalue weighted by Gasteiger charge is 2.17. The van der Waals surface area contributed by atoms with Crippen LogP contribution in [0.25, 0.3) is 16.6 Å². The molecule has 0 unspecified atom stereocenters. The van der Waals surface area contributed by atoms with E-state index in [0.29, 0.717) is 21.9 Å². The van der Waals surface area contributed by atoms with E-state index in [1.165, 1.54) is 11.8 Å². The van der Waals surface area contributed by atoms with E-state index < -0.39 is 0 Å². The quantitative estimate of drug-likeness (QED) is 0.534. The second-order valence-electron chi connectivity index (χ2n) is 5.62. The van der Waals surface area contributed by atoms with Gasteiger partial charge in [0.15, 0.2) is 0 Å². The number of hydrogen-bond acceptors (Lipinski definition) is 7. The predicted molar refractivity (Wildman–Crippen MR) is 97.5 cm³/mol. The summed E-state index contributed by atoms with van der Waals surface area (Å²) in [4.78, 5) is 19.6. The Morgan fingerprint density at radius 3 is 2.73 bits per heavy atom. The summed E-state index contributed by atoms with van der Waals surface area (Å²) in [6.07, 6.45) is 0. The van der Waals surface area contributed by atoms with Crippen LogP contribution in [0.5, 0.6) is 5.75 Å². The summed E-state index contributed by atoms with van der Waals surface area (Å²) in [5.41, 5.74) is 1.20. The molecule has 8 nitrogen and oxygen atoms in total. The third kappa shape index (κ3) is 3.04. The molecule has 2 aromatic carbocycles. The summed E-state index contributed by atoms with van der Waals surface area (Å²) in [6.45, 7) is 1.92. The second-order valence-corrected chi connectivity index (χ2v) is 6.93. The number of para-hydroxylation sites is 1. The van der Waals surface area contributed by atoms with Gasteiger partial charge in [-0.3, -0.25) is 4.79 Å². The second kappa shape index (κ2) is 6.60. The van der Waals surface area contributed by atoms with Gasteiger partial charge in [0.25, 0.3) is 5.56 Å². The minimum Gasteiger partial charge on any atom is -0.508 e. The Kier molecular flexibility index (Phi) is 4.13. The van der Waals surface area contributed by atoms with Crippen molar-refractivity contribution in [3.63, 3.8) is 0 Å². The van der Waals surface area contributed by atoms with Crippen LogP contribution >= 0.6 is 11.8 Å². The van der Waals surface area contributed by atoms with Crippen LogP contribution in [0.4, 0.5) is 0 Å². The van der Waals surface area contributed by atoms with Crippen LogP contribution in [-0.2, 0) is 0 Å². The van der Waals surface area contributed by atoms with Gasteiger partial charge in [0.1, 0.15) is 11.6 Å². The maximum absolute atomic E-state index is 12.3. The van der Waals surface area contributed by atoms with Gasteiger partial charge in [0, 0.05) is 0 Å². The Hall–Kier alpha value is -3.20. The molecule has 0 saturated carbocycles. The fourth-order valence-corrected chi connectivity index (χ4v) is 3.38. The van der Waals surface area contributed by atoms with Crippen LogP contribution in [0.1, 0.15) is 18.0 Å². The highest BCUT2D eigenvalue weighted by Crippen LogP contribution is 2.32. The topological polar surface area (TPSA) is 110 Å². The molecule has 2 heterocycles. The molecule has 0 aliphatic carbocycles.